The second kappa shape index (κ2) is 9.57. The van der Waals surface area contributed by atoms with Crippen LogP contribution >= 0.6 is 0 Å². The van der Waals surface area contributed by atoms with E-state index in [9.17, 15) is 14.4 Å². The summed E-state index contributed by atoms with van der Waals surface area (Å²) in [4.78, 5) is 44.0. The number of hydrogen-bond donors (Lipinski definition) is 3. The monoisotopic (exact) mass is 474 g/mol. The number of hydrogen-bond acceptors (Lipinski definition) is 6. The number of ether oxygens (including phenoxy) is 1. The molecule has 0 spiro atoms. The highest BCUT2D eigenvalue weighted by atomic mass is 16.5. The Morgan fingerprint density at radius 1 is 1.14 bits per heavy atom. The van der Waals surface area contributed by atoms with Crippen molar-refractivity contribution in [1.29, 1.82) is 0 Å². The van der Waals surface area contributed by atoms with Crippen LogP contribution in [-0.2, 0) is 11.2 Å². The molecule has 0 saturated heterocycles. The van der Waals surface area contributed by atoms with Gasteiger partial charge in [0.1, 0.15) is 24.2 Å². The molecule has 1 atom stereocenters. The Morgan fingerprint density at radius 2 is 1.94 bits per heavy atom. The summed E-state index contributed by atoms with van der Waals surface area (Å²) in [5.41, 5.74) is 1.94. The molecule has 0 bridgehead atoms. The van der Waals surface area contributed by atoms with Crippen molar-refractivity contribution in [3.8, 4) is 5.75 Å². The van der Waals surface area contributed by atoms with Gasteiger partial charge in [0.25, 0.3) is 17.7 Å². The zero-order valence-corrected chi connectivity index (χ0v) is 19.3. The van der Waals surface area contributed by atoms with E-state index in [1.165, 1.54) is 4.90 Å². The van der Waals surface area contributed by atoms with Crippen LogP contribution in [0.5, 0.6) is 5.75 Å². The first-order valence-electron chi connectivity index (χ1n) is 11.6. The molecule has 180 valence electrons. The van der Waals surface area contributed by atoms with Crippen LogP contribution in [0.25, 0.3) is 0 Å². The third-order valence-electron chi connectivity index (χ3n) is 6.12. The number of likely N-dealkylation sites (N-methyl/N-ethyl adjacent to an activating group) is 1. The number of carbonyl (C=O) groups is 3. The molecule has 0 radical (unpaired) electrons. The number of rotatable bonds is 7. The number of benzene rings is 2. The summed E-state index contributed by atoms with van der Waals surface area (Å²) in [5.74, 6) is 0.374. The molecule has 2 aliphatic rings. The van der Waals surface area contributed by atoms with Gasteiger partial charge in [-0.05, 0) is 42.5 Å². The number of H-pyrrole nitrogens is 1. The van der Waals surface area contributed by atoms with Gasteiger partial charge in [0.15, 0.2) is 0 Å². The van der Waals surface area contributed by atoms with Crippen LogP contribution < -0.4 is 20.3 Å². The minimum atomic E-state index is -0.942. The van der Waals surface area contributed by atoms with Crippen molar-refractivity contribution in [2.45, 2.75) is 25.3 Å². The van der Waals surface area contributed by atoms with Gasteiger partial charge < -0.3 is 20.3 Å². The number of aromatic nitrogens is 3. The average Bonchev–Trinajstić information content (AvgIpc) is 3.61. The van der Waals surface area contributed by atoms with E-state index >= 15 is 0 Å². The maximum atomic E-state index is 13.1. The van der Waals surface area contributed by atoms with Gasteiger partial charge in [0, 0.05) is 25.6 Å². The predicted octanol–water partition coefficient (Wildman–Crippen LogP) is 1.69. The summed E-state index contributed by atoms with van der Waals surface area (Å²) in [6.45, 7) is 0.597. The van der Waals surface area contributed by atoms with Crippen LogP contribution in [0, 0.1) is 5.92 Å². The molecule has 0 unspecified atom stereocenters. The van der Waals surface area contributed by atoms with Gasteiger partial charge in [0.05, 0.1) is 5.69 Å². The summed E-state index contributed by atoms with van der Waals surface area (Å²) in [6, 6.07) is 13.7. The molecule has 3 aromatic rings. The molecular formula is C25H26N6O4. The number of nitrogens with zero attached hydrogens (tertiary/aromatic N) is 3. The third kappa shape index (κ3) is 5.16. The lowest BCUT2D eigenvalue weighted by molar-refractivity contribution is -0.120. The summed E-state index contributed by atoms with van der Waals surface area (Å²) >= 11 is 0. The highest BCUT2D eigenvalue weighted by Gasteiger charge is 2.32. The summed E-state index contributed by atoms with van der Waals surface area (Å²) < 4.78 is 5.81. The molecular weight excluding hydrogens is 448 g/mol. The van der Waals surface area contributed by atoms with Crippen molar-refractivity contribution < 1.29 is 19.1 Å². The lowest BCUT2D eigenvalue weighted by Gasteiger charge is -2.20. The van der Waals surface area contributed by atoms with Crippen LogP contribution in [-0.4, -0.2) is 59.1 Å². The molecule has 1 fully saturated rings. The molecule has 3 N–H and O–H groups in total. The van der Waals surface area contributed by atoms with E-state index < -0.39 is 11.9 Å². The van der Waals surface area contributed by atoms with Gasteiger partial charge >= 0.3 is 0 Å². The smallest absolute Gasteiger partial charge is 0.291 e. The fraction of sp³-hybridized carbons (Fsp3) is 0.320. The van der Waals surface area contributed by atoms with Crippen LogP contribution in [0.15, 0.2) is 48.5 Å². The Morgan fingerprint density at radius 3 is 2.71 bits per heavy atom. The molecule has 1 aliphatic heterocycles. The second-order valence-corrected chi connectivity index (χ2v) is 8.84. The van der Waals surface area contributed by atoms with E-state index in [0.29, 0.717) is 41.7 Å². The first-order valence-corrected chi connectivity index (χ1v) is 11.6. The van der Waals surface area contributed by atoms with Gasteiger partial charge in [-0.15, -0.1) is 5.10 Å². The Balaban J connectivity index is 1.24. The van der Waals surface area contributed by atoms with E-state index in [1.54, 1.807) is 25.2 Å². The van der Waals surface area contributed by atoms with E-state index in [2.05, 4.69) is 25.8 Å². The van der Waals surface area contributed by atoms with Crippen LogP contribution in [0.3, 0.4) is 0 Å². The fourth-order valence-corrected chi connectivity index (χ4v) is 3.89. The Labute approximate surface area is 202 Å². The first-order chi connectivity index (χ1) is 17.0. The average molecular weight is 475 g/mol. The summed E-state index contributed by atoms with van der Waals surface area (Å²) in [6.07, 6.45) is 2.79. The van der Waals surface area contributed by atoms with E-state index in [4.69, 9.17) is 4.74 Å². The largest absolute Gasteiger partial charge is 0.489 e. The molecule has 1 aromatic heterocycles. The first kappa shape index (κ1) is 22.6. The van der Waals surface area contributed by atoms with Gasteiger partial charge in [-0.1, -0.05) is 30.3 Å². The van der Waals surface area contributed by atoms with Crippen molar-refractivity contribution in [3.05, 3.63) is 71.3 Å². The highest BCUT2D eigenvalue weighted by molar-refractivity contribution is 6.04. The molecule has 1 aliphatic carbocycles. The molecule has 5 rings (SSSR count). The van der Waals surface area contributed by atoms with Crippen molar-refractivity contribution >= 4 is 23.4 Å². The number of fused-ring (bicyclic) bond motifs is 1. The molecule has 35 heavy (non-hydrogen) atoms. The molecule has 2 aromatic carbocycles. The Kier molecular flexibility index (Phi) is 6.17. The van der Waals surface area contributed by atoms with Crippen LogP contribution in [0.2, 0.25) is 0 Å². The number of amides is 3. The fourth-order valence-electron chi connectivity index (χ4n) is 3.89. The van der Waals surface area contributed by atoms with Gasteiger partial charge in [-0.3, -0.25) is 19.5 Å². The van der Waals surface area contributed by atoms with Crippen LogP contribution in [0.1, 0.15) is 45.2 Å². The van der Waals surface area contributed by atoms with E-state index in [0.717, 1.165) is 18.4 Å². The van der Waals surface area contributed by atoms with Gasteiger partial charge in [0.2, 0.25) is 5.82 Å². The number of aromatic amines is 1. The number of nitrogens with one attached hydrogen (secondary N) is 3. The summed E-state index contributed by atoms with van der Waals surface area (Å²) in [5, 5.41) is 12.3. The van der Waals surface area contributed by atoms with Gasteiger partial charge in [-0.2, -0.15) is 0 Å². The zero-order chi connectivity index (χ0) is 24.4. The third-order valence-corrected chi connectivity index (χ3v) is 6.12. The minimum Gasteiger partial charge on any atom is -0.489 e. The molecule has 1 saturated carbocycles. The van der Waals surface area contributed by atoms with Crippen molar-refractivity contribution in [3.63, 3.8) is 0 Å². The summed E-state index contributed by atoms with van der Waals surface area (Å²) in [7, 11) is 1.59. The molecule has 2 heterocycles. The quantitative estimate of drug-likeness (QED) is 0.478. The lowest BCUT2D eigenvalue weighted by atomic mass is 10.1. The minimum absolute atomic E-state index is 0.0530. The molecule has 10 nitrogen and oxygen atoms in total. The zero-order valence-electron chi connectivity index (χ0n) is 19.3. The Hall–Kier alpha value is -4.21. The SMILES string of the molecule is CN1C(=O)[C@@H](NC(=O)c2n[nH]c(Cc3ccccc3)n2)COc2ccc(C(=O)NCC3CC3)cc21. The predicted molar refractivity (Wildman–Crippen MR) is 127 cm³/mol. The number of carbonyl (C=O) groups excluding carboxylic acids is 3. The highest BCUT2D eigenvalue weighted by Crippen LogP contribution is 2.32. The van der Waals surface area contributed by atoms with Crippen LogP contribution in [0.4, 0.5) is 5.69 Å². The van der Waals surface area contributed by atoms with Crippen molar-refractivity contribution in [2.75, 3.05) is 25.1 Å². The van der Waals surface area contributed by atoms with Crippen molar-refractivity contribution in [1.82, 2.24) is 25.8 Å². The standard InChI is InChI=1S/C25H26N6O4/c1-31-19-12-17(23(32)26-13-16-7-8-16)9-10-20(19)35-14-18(25(31)34)27-24(33)22-28-21(29-30-22)11-15-5-3-2-4-6-15/h2-6,9-10,12,16,18H,7-8,11,13-14H2,1H3,(H,26,32)(H,27,33)(H,28,29,30)/t18-/m0/s1. The molecule has 10 heteroatoms. The maximum Gasteiger partial charge on any atom is 0.291 e. The number of anilines is 1. The van der Waals surface area contributed by atoms with E-state index in [1.807, 2.05) is 30.3 Å². The second-order valence-electron chi connectivity index (χ2n) is 8.84. The van der Waals surface area contributed by atoms with Crippen molar-refractivity contribution in [2.24, 2.45) is 5.92 Å². The lowest BCUT2D eigenvalue weighted by Crippen LogP contribution is -2.49. The maximum absolute atomic E-state index is 13.1. The van der Waals surface area contributed by atoms with E-state index in [-0.39, 0.29) is 24.2 Å². The van der Waals surface area contributed by atoms with Gasteiger partial charge in [-0.25, -0.2) is 4.98 Å². The molecule has 3 amide bonds. The Bertz CT molecular complexity index is 1250. The normalized spacial score (nSPS) is 17.2. The topological polar surface area (TPSA) is 129 Å².